The summed E-state index contributed by atoms with van der Waals surface area (Å²) in [6.07, 6.45) is 1.94. The number of nitrogens with zero attached hydrogens (tertiary/aromatic N) is 4. The first-order valence-electron chi connectivity index (χ1n) is 8.66. The highest BCUT2D eigenvalue weighted by molar-refractivity contribution is 7.98. The summed E-state index contributed by atoms with van der Waals surface area (Å²) in [5.74, 6) is -0.0622. The number of carbonyl (C=O) groups excluding carboxylic acids is 1. The number of aromatic nitrogens is 2. The quantitative estimate of drug-likeness (QED) is 0.587. The summed E-state index contributed by atoms with van der Waals surface area (Å²) >= 11 is 2.52. The predicted molar refractivity (Wildman–Crippen MR) is 110 cm³/mol. The van der Waals surface area contributed by atoms with Crippen molar-refractivity contribution in [3.63, 3.8) is 0 Å². The van der Waals surface area contributed by atoms with E-state index in [-0.39, 0.29) is 23.9 Å². The number of hydrogen-bond acceptors (Lipinski definition) is 7. The van der Waals surface area contributed by atoms with Crippen molar-refractivity contribution < 1.29 is 13.2 Å². The molecule has 0 N–H and O–H groups in total. The molecule has 10 heteroatoms. The van der Waals surface area contributed by atoms with Crippen molar-refractivity contribution in [1.82, 2.24) is 18.0 Å². The zero-order valence-corrected chi connectivity index (χ0v) is 17.6. The van der Waals surface area contributed by atoms with Gasteiger partial charge in [0.25, 0.3) is 5.91 Å². The van der Waals surface area contributed by atoms with Gasteiger partial charge in [0.1, 0.15) is 15.9 Å². The maximum Gasteiger partial charge on any atom is 0.255 e. The molecule has 0 atom stereocenters. The molecule has 4 rings (SSSR count). The number of fused-ring (bicyclic) bond motifs is 1. The van der Waals surface area contributed by atoms with Gasteiger partial charge in [-0.2, -0.15) is 13.1 Å². The van der Waals surface area contributed by atoms with E-state index in [1.807, 2.05) is 30.5 Å². The van der Waals surface area contributed by atoms with Crippen LogP contribution in [0.25, 0.3) is 11.0 Å². The molecule has 0 bridgehead atoms. The van der Waals surface area contributed by atoms with Crippen molar-refractivity contribution in [3.05, 3.63) is 48.0 Å². The van der Waals surface area contributed by atoms with E-state index in [2.05, 4.69) is 8.75 Å². The van der Waals surface area contributed by atoms with Crippen LogP contribution in [-0.4, -0.2) is 64.7 Å². The van der Waals surface area contributed by atoms with Gasteiger partial charge in [0.05, 0.1) is 17.3 Å². The van der Waals surface area contributed by atoms with Crippen LogP contribution < -0.4 is 0 Å². The molecule has 3 aromatic rings. The fourth-order valence-corrected chi connectivity index (χ4v) is 6.02. The number of rotatable bonds is 4. The number of thioether (sulfide) groups is 1. The largest absolute Gasteiger partial charge is 0.336 e. The number of piperazine rings is 1. The van der Waals surface area contributed by atoms with E-state index >= 15 is 0 Å². The van der Waals surface area contributed by atoms with E-state index in [4.69, 9.17) is 0 Å². The second-order valence-electron chi connectivity index (χ2n) is 6.28. The van der Waals surface area contributed by atoms with E-state index in [1.165, 1.54) is 16.1 Å². The first-order chi connectivity index (χ1) is 13.5. The van der Waals surface area contributed by atoms with Crippen LogP contribution in [0.5, 0.6) is 0 Å². The molecular formula is C18H18N4O3S3. The SMILES string of the molecule is CSc1ccccc1C(=O)N1CCN(S(=O)(=O)c2cccc3nsnc23)CC1. The lowest BCUT2D eigenvalue weighted by molar-refractivity contribution is 0.0694. The second kappa shape index (κ2) is 7.78. The Hall–Kier alpha value is -2.01. The van der Waals surface area contributed by atoms with Gasteiger partial charge in [-0.3, -0.25) is 4.79 Å². The first kappa shape index (κ1) is 19.3. The highest BCUT2D eigenvalue weighted by Crippen LogP contribution is 2.26. The molecule has 2 aromatic carbocycles. The maximum atomic E-state index is 13.1. The number of carbonyl (C=O) groups is 1. The summed E-state index contributed by atoms with van der Waals surface area (Å²) in [5.41, 5.74) is 1.64. The van der Waals surface area contributed by atoms with Crippen LogP contribution in [-0.2, 0) is 10.0 Å². The summed E-state index contributed by atoms with van der Waals surface area (Å²) in [6.45, 7) is 1.21. The second-order valence-corrected chi connectivity index (χ2v) is 9.57. The van der Waals surface area contributed by atoms with Gasteiger partial charge in [0.15, 0.2) is 0 Å². The predicted octanol–water partition coefficient (Wildman–Crippen LogP) is 2.56. The Morgan fingerprint density at radius 2 is 1.79 bits per heavy atom. The van der Waals surface area contributed by atoms with E-state index in [0.717, 1.165) is 16.6 Å². The highest BCUT2D eigenvalue weighted by atomic mass is 32.2. The third kappa shape index (κ3) is 3.41. The Balaban J connectivity index is 1.52. The molecular weight excluding hydrogens is 416 g/mol. The van der Waals surface area contributed by atoms with E-state index < -0.39 is 10.0 Å². The summed E-state index contributed by atoms with van der Waals surface area (Å²) in [5, 5.41) is 0. The maximum absolute atomic E-state index is 13.1. The number of sulfonamides is 1. The molecule has 0 aliphatic carbocycles. The standard InChI is InChI=1S/C18H18N4O3S3/c1-26-15-7-3-2-5-13(15)18(23)21-9-11-22(12-10-21)28(24,25)16-8-4-6-14-17(16)20-27-19-14/h2-8H,9-12H2,1H3. The van der Waals surface area contributed by atoms with Gasteiger partial charge >= 0.3 is 0 Å². The molecule has 0 unspecified atom stereocenters. The molecule has 1 aliphatic rings. The Bertz CT molecular complexity index is 1120. The Kier molecular flexibility index (Phi) is 5.37. The van der Waals surface area contributed by atoms with Crippen LogP contribution in [0.1, 0.15) is 10.4 Å². The molecule has 1 aliphatic heterocycles. The lowest BCUT2D eigenvalue weighted by atomic mass is 10.2. The van der Waals surface area contributed by atoms with Crippen molar-refractivity contribution in [2.45, 2.75) is 9.79 Å². The van der Waals surface area contributed by atoms with Crippen LogP contribution in [0.4, 0.5) is 0 Å². The highest BCUT2D eigenvalue weighted by Gasteiger charge is 2.32. The van der Waals surface area contributed by atoms with Gasteiger partial charge < -0.3 is 4.90 Å². The van der Waals surface area contributed by atoms with E-state index in [1.54, 1.807) is 23.1 Å². The molecule has 146 valence electrons. The normalized spacial score (nSPS) is 15.8. The zero-order valence-electron chi connectivity index (χ0n) is 15.1. The molecule has 1 amide bonds. The third-order valence-electron chi connectivity index (χ3n) is 4.73. The zero-order chi connectivity index (χ0) is 19.7. The lowest BCUT2D eigenvalue weighted by Crippen LogP contribution is -2.50. The number of amides is 1. The van der Waals surface area contributed by atoms with Crippen LogP contribution in [0.3, 0.4) is 0 Å². The van der Waals surface area contributed by atoms with Gasteiger partial charge in [-0.15, -0.1) is 11.8 Å². The summed E-state index contributed by atoms with van der Waals surface area (Å²) in [7, 11) is -3.69. The van der Waals surface area contributed by atoms with E-state index in [0.29, 0.717) is 29.7 Å². The average Bonchev–Trinajstić information content (AvgIpc) is 3.22. The fraction of sp³-hybridized carbons (Fsp3) is 0.278. The minimum Gasteiger partial charge on any atom is -0.336 e. The fourth-order valence-electron chi connectivity index (χ4n) is 3.25. The smallest absolute Gasteiger partial charge is 0.255 e. The van der Waals surface area contributed by atoms with Crippen LogP contribution in [0.15, 0.2) is 52.3 Å². The minimum atomic E-state index is -3.69. The summed E-state index contributed by atoms with van der Waals surface area (Å²) < 4.78 is 35.9. The van der Waals surface area contributed by atoms with Gasteiger partial charge in [0, 0.05) is 31.1 Å². The van der Waals surface area contributed by atoms with Gasteiger partial charge in [-0.25, -0.2) is 8.42 Å². The van der Waals surface area contributed by atoms with Crippen LogP contribution in [0, 0.1) is 0 Å². The monoisotopic (exact) mass is 434 g/mol. The molecule has 1 fully saturated rings. The Morgan fingerprint density at radius 3 is 2.54 bits per heavy atom. The summed E-state index contributed by atoms with van der Waals surface area (Å²) in [6, 6.07) is 12.5. The lowest BCUT2D eigenvalue weighted by Gasteiger charge is -2.34. The number of benzene rings is 2. The molecule has 7 nitrogen and oxygen atoms in total. The summed E-state index contributed by atoms with van der Waals surface area (Å²) in [4.78, 5) is 15.7. The molecule has 2 heterocycles. The molecule has 28 heavy (non-hydrogen) atoms. The Labute approximate surface area is 171 Å². The molecule has 1 saturated heterocycles. The molecule has 1 aromatic heterocycles. The average molecular weight is 435 g/mol. The topological polar surface area (TPSA) is 83.5 Å². The third-order valence-corrected chi connectivity index (χ3v) is 8.00. The number of hydrogen-bond donors (Lipinski definition) is 0. The molecule has 0 spiro atoms. The van der Waals surface area contributed by atoms with Gasteiger partial charge in [0.2, 0.25) is 10.0 Å². The minimum absolute atomic E-state index is 0.0622. The van der Waals surface area contributed by atoms with Crippen molar-refractivity contribution in [3.8, 4) is 0 Å². The van der Waals surface area contributed by atoms with Crippen molar-refractivity contribution >= 4 is 50.5 Å². The van der Waals surface area contributed by atoms with Crippen molar-refractivity contribution in [2.75, 3.05) is 32.4 Å². The molecule has 0 radical (unpaired) electrons. The van der Waals surface area contributed by atoms with Crippen LogP contribution in [0.2, 0.25) is 0 Å². The van der Waals surface area contributed by atoms with E-state index in [9.17, 15) is 13.2 Å². The van der Waals surface area contributed by atoms with Crippen molar-refractivity contribution in [1.29, 1.82) is 0 Å². The van der Waals surface area contributed by atoms with Crippen LogP contribution >= 0.6 is 23.5 Å². The van der Waals surface area contributed by atoms with Gasteiger partial charge in [-0.1, -0.05) is 18.2 Å². The first-order valence-corrected chi connectivity index (χ1v) is 12.1. The molecule has 0 saturated carbocycles. The Morgan fingerprint density at radius 1 is 1.04 bits per heavy atom. The van der Waals surface area contributed by atoms with Gasteiger partial charge in [-0.05, 0) is 30.5 Å². The van der Waals surface area contributed by atoms with Crippen molar-refractivity contribution in [2.24, 2.45) is 0 Å².